The van der Waals surface area contributed by atoms with Crippen LogP contribution in [0.15, 0.2) is 0 Å². The zero-order chi connectivity index (χ0) is 10.8. The van der Waals surface area contributed by atoms with E-state index in [2.05, 4.69) is 6.92 Å². The lowest BCUT2D eigenvalue weighted by Gasteiger charge is -2.19. The van der Waals surface area contributed by atoms with Gasteiger partial charge in [-0.3, -0.25) is 4.79 Å². The van der Waals surface area contributed by atoms with Gasteiger partial charge in [-0.15, -0.1) is 11.6 Å². The molecule has 0 spiro atoms. The molecule has 2 aliphatic rings. The number of alkyl halides is 1. The molecular weight excluding hydrogens is 214 g/mol. The number of halogens is 1. The highest BCUT2D eigenvalue weighted by atomic mass is 35.5. The molecule has 0 aliphatic carbocycles. The van der Waals surface area contributed by atoms with Gasteiger partial charge in [-0.05, 0) is 18.8 Å². The number of ether oxygens (including phenoxy) is 1. The summed E-state index contributed by atoms with van der Waals surface area (Å²) >= 11 is 6.19. The Morgan fingerprint density at radius 1 is 1.53 bits per heavy atom. The van der Waals surface area contributed by atoms with E-state index in [1.807, 2.05) is 4.90 Å². The van der Waals surface area contributed by atoms with Gasteiger partial charge in [0.25, 0.3) is 5.91 Å². The van der Waals surface area contributed by atoms with Gasteiger partial charge < -0.3 is 9.64 Å². The van der Waals surface area contributed by atoms with Crippen molar-refractivity contribution in [3.05, 3.63) is 0 Å². The fourth-order valence-electron chi connectivity index (χ4n) is 2.37. The van der Waals surface area contributed by atoms with Crippen LogP contribution in [0, 0.1) is 5.92 Å². The molecule has 0 N–H and O–H groups in total. The van der Waals surface area contributed by atoms with Crippen molar-refractivity contribution in [2.45, 2.75) is 37.7 Å². The summed E-state index contributed by atoms with van der Waals surface area (Å²) in [5.74, 6) is 0.603. The number of rotatable bonds is 2. The first-order valence-electron chi connectivity index (χ1n) is 5.76. The molecule has 86 valence electrons. The lowest BCUT2D eigenvalue weighted by atomic mass is 10.1. The van der Waals surface area contributed by atoms with Crippen LogP contribution in [0.1, 0.15) is 26.2 Å². The maximum atomic E-state index is 12.0. The second-order valence-electron chi connectivity index (χ2n) is 4.43. The van der Waals surface area contributed by atoms with Crippen LogP contribution in [0.25, 0.3) is 0 Å². The fourth-order valence-corrected chi connectivity index (χ4v) is 2.80. The first-order chi connectivity index (χ1) is 7.22. The molecule has 0 aromatic heterocycles. The number of hydrogen-bond acceptors (Lipinski definition) is 2. The van der Waals surface area contributed by atoms with Crippen molar-refractivity contribution >= 4 is 17.5 Å². The van der Waals surface area contributed by atoms with Crippen molar-refractivity contribution in [1.82, 2.24) is 4.90 Å². The highest BCUT2D eigenvalue weighted by Crippen LogP contribution is 2.26. The Labute approximate surface area is 95.7 Å². The number of likely N-dealkylation sites (tertiary alicyclic amines) is 1. The van der Waals surface area contributed by atoms with E-state index in [0.29, 0.717) is 12.5 Å². The summed E-state index contributed by atoms with van der Waals surface area (Å²) in [5, 5.41) is 0.125. The number of carbonyl (C=O) groups is 1. The van der Waals surface area contributed by atoms with E-state index in [1.165, 1.54) is 0 Å². The van der Waals surface area contributed by atoms with Crippen molar-refractivity contribution in [3.8, 4) is 0 Å². The van der Waals surface area contributed by atoms with E-state index in [-0.39, 0.29) is 17.4 Å². The highest BCUT2D eigenvalue weighted by molar-refractivity contribution is 6.21. The van der Waals surface area contributed by atoms with Gasteiger partial charge in [0.05, 0.1) is 5.38 Å². The maximum absolute atomic E-state index is 12.0. The van der Waals surface area contributed by atoms with Crippen LogP contribution in [0.5, 0.6) is 0 Å². The van der Waals surface area contributed by atoms with Crippen LogP contribution in [0.4, 0.5) is 0 Å². The minimum Gasteiger partial charge on any atom is -0.368 e. The van der Waals surface area contributed by atoms with Crippen LogP contribution >= 0.6 is 11.6 Å². The Bertz CT molecular complexity index is 241. The first-order valence-corrected chi connectivity index (χ1v) is 6.20. The molecule has 0 bridgehead atoms. The highest BCUT2D eigenvalue weighted by Gasteiger charge is 2.36. The van der Waals surface area contributed by atoms with Gasteiger partial charge in [0.15, 0.2) is 0 Å². The second-order valence-corrected chi connectivity index (χ2v) is 4.99. The molecule has 3 unspecified atom stereocenters. The Kier molecular flexibility index (Phi) is 3.52. The Morgan fingerprint density at radius 3 is 2.87 bits per heavy atom. The van der Waals surface area contributed by atoms with Crippen molar-refractivity contribution in [2.75, 3.05) is 19.7 Å². The van der Waals surface area contributed by atoms with Crippen molar-refractivity contribution < 1.29 is 9.53 Å². The smallest absolute Gasteiger partial charge is 0.251 e. The minimum atomic E-state index is -0.190. The third-order valence-corrected chi connectivity index (χ3v) is 3.90. The summed E-state index contributed by atoms with van der Waals surface area (Å²) in [4.78, 5) is 13.9. The van der Waals surface area contributed by atoms with Gasteiger partial charge >= 0.3 is 0 Å². The van der Waals surface area contributed by atoms with E-state index >= 15 is 0 Å². The van der Waals surface area contributed by atoms with Crippen LogP contribution in [0.3, 0.4) is 0 Å². The van der Waals surface area contributed by atoms with Gasteiger partial charge in [-0.1, -0.05) is 13.3 Å². The van der Waals surface area contributed by atoms with E-state index in [0.717, 1.165) is 32.4 Å². The minimum absolute atomic E-state index is 0.125. The largest absolute Gasteiger partial charge is 0.368 e. The number of hydrogen-bond donors (Lipinski definition) is 0. The molecule has 2 saturated heterocycles. The molecule has 2 rings (SSSR count). The third kappa shape index (κ3) is 2.28. The van der Waals surface area contributed by atoms with Crippen LogP contribution in [-0.4, -0.2) is 42.0 Å². The van der Waals surface area contributed by atoms with E-state index in [9.17, 15) is 4.79 Å². The molecule has 4 heteroatoms. The van der Waals surface area contributed by atoms with Crippen LogP contribution in [-0.2, 0) is 9.53 Å². The second kappa shape index (κ2) is 4.71. The molecule has 15 heavy (non-hydrogen) atoms. The molecule has 3 nitrogen and oxygen atoms in total. The van der Waals surface area contributed by atoms with Gasteiger partial charge in [0.2, 0.25) is 0 Å². The third-order valence-electron chi connectivity index (χ3n) is 3.40. The molecule has 0 saturated carbocycles. The van der Waals surface area contributed by atoms with Gasteiger partial charge in [-0.2, -0.15) is 0 Å². The number of nitrogens with zero attached hydrogens (tertiary/aromatic N) is 1. The number of amides is 1. The monoisotopic (exact) mass is 231 g/mol. The van der Waals surface area contributed by atoms with E-state index in [4.69, 9.17) is 16.3 Å². The molecular formula is C11H18ClNO2. The van der Waals surface area contributed by atoms with Gasteiger partial charge in [0.1, 0.15) is 6.10 Å². The Hall–Kier alpha value is -0.280. The normalized spacial score (nSPS) is 36.1. The average molecular weight is 232 g/mol. The molecule has 0 aromatic rings. The van der Waals surface area contributed by atoms with Crippen molar-refractivity contribution in [2.24, 2.45) is 5.92 Å². The summed E-state index contributed by atoms with van der Waals surface area (Å²) < 4.78 is 5.40. The van der Waals surface area contributed by atoms with Gasteiger partial charge in [-0.25, -0.2) is 0 Å². The van der Waals surface area contributed by atoms with Crippen LogP contribution < -0.4 is 0 Å². The van der Waals surface area contributed by atoms with Crippen LogP contribution in [0.2, 0.25) is 0 Å². The molecule has 0 radical (unpaired) electrons. The fraction of sp³-hybridized carbons (Fsp3) is 0.909. The first kappa shape index (κ1) is 11.2. The molecule has 2 fully saturated rings. The predicted octanol–water partition coefficient (Wildman–Crippen LogP) is 1.64. The van der Waals surface area contributed by atoms with E-state index < -0.39 is 0 Å². The van der Waals surface area contributed by atoms with Crippen molar-refractivity contribution in [1.29, 1.82) is 0 Å². The molecule has 0 aromatic carbocycles. The van der Waals surface area contributed by atoms with E-state index in [1.54, 1.807) is 0 Å². The summed E-state index contributed by atoms with van der Waals surface area (Å²) in [6, 6.07) is 0. The summed E-state index contributed by atoms with van der Waals surface area (Å²) in [6.45, 7) is 4.36. The molecule has 1 amide bonds. The molecule has 3 atom stereocenters. The summed E-state index contributed by atoms with van der Waals surface area (Å²) in [7, 11) is 0. The number of carbonyl (C=O) groups excluding carboxylic acids is 1. The average Bonchev–Trinajstić information content (AvgIpc) is 2.85. The SMILES string of the molecule is CCC1CN(C(=O)C2CCCO2)CC1Cl. The lowest BCUT2D eigenvalue weighted by molar-refractivity contribution is -0.139. The Morgan fingerprint density at radius 2 is 2.33 bits per heavy atom. The standard InChI is InChI=1S/C11H18ClNO2/c1-2-8-6-13(7-9(8)12)11(14)10-4-3-5-15-10/h8-10H,2-7H2,1H3. The maximum Gasteiger partial charge on any atom is 0.251 e. The molecule has 2 aliphatic heterocycles. The zero-order valence-electron chi connectivity index (χ0n) is 9.12. The van der Waals surface area contributed by atoms with Crippen molar-refractivity contribution in [3.63, 3.8) is 0 Å². The zero-order valence-corrected chi connectivity index (χ0v) is 9.87. The topological polar surface area (TPSA) is 29.5 Å². The van der Waals surface area contributed by atoms with Gasteiger partial charge in [0, 0.05) is 19.7 Å². The molecule has 2 heterocycles. The quantitative estimate of drug-likeness (QED) is 0.677. The summed E-state index contributed by atoms with van der Waals surface area (Å²) in [6.07, 6.45) is 2.73. The lowest BCUT2D eigenvalue weighted by Crippen LogP contribution is -2.37. The summed E-state index contributed by atoms with van der Waals surface area (Å²) in [5.41, 5.74) is 0. The predicted molar refractivity (Wildman–Crippen MR) is 59.0 cm³/mol. The Balaban J connectivity index is 1.91.